The Hall–Kier alpha value is -6.28. The molecule has 0 atom stereocenters. The van der Waals surface area contributed by atoms with Gasteiger partial charge in [0.2, 0.25) is 0 Å². The minimum Gasteiger partial charge on any atom is -0.268 e. The summed E-state index contributed by atoms with van der Waals surface area (Å²) in [6.45, 7) is 0. The highest BCUT2D eigenvalue weighted by atomic mass is 16.2. The molecule has 46 heavy (non-hydrogen) atoms. The summed E-state index contributed by atoms with van der Waals surface area (Å²) in [4.78, 5) is 66.5. The number of rotatable bonds is 6. The molecule has 4 aromatic rings. The lowest BCUT2D eigenvalue weighted by atomic mass is 9.85. The number of hydrogen-bond donors (Lipinski definition) is 0. The fourth-order valence-electron chi connectivity index (χ4n) is 6.16. The normalized spacial score (nSPS) is 17.2. The Labute approximate surface area is 263 Å². The SMILES string of the molecule is O=C1c2ccc3c4c(ccc(c24)C(=O)N1c1ccc(N=CC2=CC=CC2)cc1)C(=O)N(c1ccc(N=CC2C=CC=C2)cc1)C3=O. The van der Waals surface area contributed by atoms with Crippen molar-refractivity contribution in [1.29, 1.82) is 0 Å². The molecule has 8 rings (SSSR count). The molecule has 8 heteroatoms. The average Bonchev–Trinajstić information content (AvgIpc) is 3.81. The molecule has 0 N–H and O–H groups in total. The molecular weight excluding hydrogens is 576 g/mol. The van der Waals surface area contributed by atoms with Gasteiger partial charge in [-0.3, -0.25) is 29.2 Å². The Kier molecular flexibility index (Phi) is 6.35. The number of hydrogen-bond acceptors (Lipinski definition) is 6. The second-order valence-corrected chi connectivity index (χ2v) is 11.3. The molecule has 0 bridgehead atoms. The van der Waals surface area contributed by atoms with Crippen molar-refractivity contribution in [1.82, 2.24) is 0 Å². The summed E-state index contributed by atoms with van der Waals surface area (Å²) in [6, 6.07) is 20.0. The van der Waals surface area contributed by atoms with Crippen LogP contribution in [0.4, 0.5) is 22.7 Å². The van der Waals surface area contributed by atoms with Gasteiger partial charge in [0.15, 0.2) is 0 Å². The third-order valence-electron chi connectivity index (χ3n) is 8.46. The van der Waals surface area contributed by atoms with Crippen molar-refractivity contribution in [2.75, 3.05) is 9.80 Å². The van der Waals surface area contributed by atoms with Crippen LogP contribution in [0.15, 0.2) is 131 Å². The van der Waals surface area contributed by atoms with Crippen molar-refractivity contribution in [3.8, 4) is 0 Å². The van der Waals surface area contributed by atoms with Crippen molar-refractivity contribution in [2.45, 2.75) is 6.42 Å². The van der Waals surface area contributed by atoms with E-state index in [-0.39, 0.29) is 28.2 Å². The summed E-state index contributed by atoms with van der Waals surface area (Å²) >= 11 is 0. The number of imide groups is 2. The highest BCUT2D eigenvalue weighted by Gasteiger charge is 2.40. The van der Waals surface area contributed by atoms with Crippen LogP contribution in [0, 0.1) is 5.92 Å². The molecule has 2 aliphatic carbocycles. The number of carbonyl (C=O) groups excluding carboxylic acids is 4. The quantitative estimate of drug-likeness (QED) is 0.169. The fraction of sp³-hybridized carbons (Fsp3) is 0.0526. The smallest absolute Gasteiger partial charge is 0.265 e. The standard InChI is InChI=1S/C38H24N4O4/c43-35-29-17-19-31-34-32(38(46)42(37(31)45)28-15-11-26(12-16-28)40-22-24-7-3-4-8-24)20-18-30(33(29)34)36(44)41(35)27-13-9-25(10-14-27)39-21-23-5-1-2-6-23/h1-7,9-23H,8H2. The van der Waals surface area contributed by atoms with E-state index in [4.69, 9.17) is 0 Å². The zero-order chi connectivity index (χ0) is 31.4. The Morgan fingerprint density at radius 2 is 1.02 bits per heavy atom. The zero-order valence-electron chi connectivity index (χ0n) is 24.3. The van der Waals surface area contributed by atoms with Crippen LogP contribution in [-0.4, -0.2) is 36.1 Å². The topological polar surface area (TPSA) is 99.5 Å². The van der Waals surface area contributed by atoms with E-state index >= 15 is 0 Å². The van der Waals surface area contributed by atoms with Crippen LogP contribution in [0.2, 0.25) is 0 Å². The summed E-state index contributed by atoms with van der Waals surface area (Å²) in [5.74, 6) is -1.97. The molecule has 4 aliphatic rings. The number of aliphatic imine (C=N–C) groups is 2. The number of benzene rings is 4. The van der Waals surface area contributed by atoms with Gasteiger partial charge >= 0.3 is 0 Å². The second kappa shape index (κ2) is 10.7. The summed E-state index contributed by atoms with van der Waals surface area (Å²) in [5, 5.41) is 0.642. The van der Waals surface area contributed by atoms with E-state index in [1.807, 2.05) is 42.7 Å². The number of carbonyl (C=O) groups is 4. The van der Waals surface area contributed by atoms with Gasteiger partial charge in [0, 0.05) is 51.4 Å². The lowest BCUT2D eigenvalue weighted by Crippen LogP contribution is -2.43. The monoisotopic (exact) mass is 600 g/mol. The number of nitrogens with zero attached hydrogens (tertiary/aromatic N) is 4. The number of amides is 4. The Bertz CT molecular complexity index is 2120. The minimum atomic E-state index is -0.527. The van der Waals surface area contributed by atoms with Gasteiger partial charge in [-0.25, -0.2) is 9.80 Å². The molecule has 0 spiro atoms. The third-order valence-corrected chi connectivity index (χ3v) is 8.46. The predicted molar refractivity (Wildman–Crippen MR) is 179 cm³/mol. The molecule has 2 heterocycles. The molecule has 220 valence electrons. The first kappa shape index (κ1) is 27.3. The number of allylic oxidation sites excluding steroid dienone is 8. The van der Waals surface area contributed by atoms with E-state index in [2.05, 4.69) is 16.1 Å². The van der Waals surface area contributed by atoms with Gasteiger partial charge in [-0.05, 0) is 84.8 Å². The third kappa shape index (κ3) is 4.38. The Morgan fingerprint density at radius 3 is 1.46 bits per heavy atom. The van der Waals surface area contributed by atoms with Gasteiger partial charge in [0.1, 0.15) is 0 Å². The van der Waals surface area contributed by atoms with Crippen molar-refractivity contribution in [3.63, 3.8) is 0 Å². The van der Waals surface area contributed by atoms with Gasteiger partial charge in [0.05, 0.1) is 22.7 Å². The largest absolute Gasteiger partial charge is 0.268 e. The van der Waals surface area contributed by atoms with Crippen LogP contribution in [0.3, 0.4) is 0 Å². The first-order valence-electron chi connectivity index (χ1n) is 14.8. The maximum Gasteiger partial charge on any atom is 0.265 e. The Balaban J connectivity index is 1.10. The zero-order valence-corrected chi connectivity index (χ0v) is 24.3. The van der Waals surface area contributed by atoms with Crippen LogP contribution in [0.5, 0.6) is 0 Å². The molecule has 0 saturated heterocycles. The van der Waals surface area contributed by atoms with E-state index in [1.165, 1.54) is 0 Å². The van der Waals surface area contributed by atoms with Crippen LogP contribution >= 0.6 is 0 Å². The number of anilines is 2. The van der Waals surface area contributed by atoms with Crippen molar-refractivity contribution < 1.29 is 19.2 Å². The summed E-state index contributed by atoms with van der Waals surface area (Å²) in [5.41, 5.74) is 4.28. The molecule has 4 amide bonds. The van der Waals surface area contributed by atoms with Gasteiger partial charge < -0.3 is 0 Å². The maximum atomic E-state index is 13.8. The first-order valence-corrected chi connectivity index (χ1v) is 14.8. The highest BCUT2D eigenvalue weighted by molar-refractivity contribution is 6.42. The predicted octanol–water partition coefficient (Wildman–Crippen LogP) is 7.47. The van der Waals surface area contributed by atoms with Crippen LogP contribution in [0.25, 0.3) is 10.8 Å². The maximum absolute atomic E-state index is 13.8. The second-order valence-electron chi connectivity index (χ2n) is 11.3. The highest BCUT2D eigenvalue weighted by Crippen LogP contribution is 2.40. The lowest BCUT2D eigenvalue weighted by molar-refractivity contribution is 0.0873. The molecular formula is C38H24N4O4. The van der Waals surface area contributed by atoms with Gasteiger partial charge in [-0.15, -0.1) is 0 Å². The van der Waals surface area contributed by atoms with Crippen molar-refractivity contribution in [2.24, 2.45) is 15.9 Å². The van der Waals surface area contributed by atoms with Crippen molar-refractivity contribution >= 4 is 69.6 Å². The lowest BCUT2D eigenvalue weighted by Gasteiger charge is -2.32. The van der Waals surface area contributed by atoms with E-state index in [0.29, 0.717) is 33.5 Å². The Morgan fingerprint density at radius 1 is 0.565 bits per heavy atom. The van der Waals surface area contributed by atoms with Crippen LogP contribution in [-0.2, 0) is 0 Å². The van der Waals surface area contributed by atoms with E-state index < -0.39 is 23.6 Å². The van der Waals surface area contributed by atoms with E-state index in [9.17, 15) is 19.2 Å². The van der Waals surface area contributed by atoms with Crippen molar-refractivity contribution in [3.05, 3.63) is 143 Å². The molecule has 0 saturated carbocycles. The van der Waals surface area contributed by atoms with E-state index in [0.717, 1.165) is 21.8 Å². The van der Waals surface area contributed by atoms with Crippen LogP contribution < -0.4 is 9.80 Å². The van der Waals surface area contributed by atoms with E-state index in [1.54, 1.807) is 79.0 Å². The minimum absolute atomic E-state index is 0.136. The van der Waals surface area contributed by atoms with Gasteiger partial charge in [-0.2, -0.15) is 0 Å². The molecule has 8 nitrogen and oxygen atoms in total. The molecule has 0 fully saturated rings. The molecule has 0 radical (unpaired) electrons. The first-order chi connectivity index (χ1) is 22.5. The molecule has 0 aromatic heterocycles. The summed E-state index contributed by atoms with van der Waals surface area (Å²) in [6.07, 6.45) is 18.5. The molecule has 4 aromatic carbocycles. The van der Waals surface area contributed by atoms with Gasteiger partial charge in [-0.1, -0.05) is 42.5 Å². The fourth-order valence-corrected chi connectivity index (χ4v) is 6.16. The van der Waals surface area contributed by atoms with Crippen LogP contribution in [0.1, 0.15) is 47.9 Å². The summed E-state index contributed by atoms with van der Waals surface area (Å²) in [7, 11) is 0. The summed E-state index contributed by atoms with van der Waals surface area (Å²) < 4.78 is 0. The molecule has 2 aliphatic heterocycles. The molecule has 0 unspecified atom stereocenters. The van der Waals surface area contributed by atoms with Gasteiger partial charge in [0.25, 0.3) is 23.6 Å². The average molecular weight is 601 g/mol.